The van der Waals surface area contributed by atoms with Gasteiger partial charge in [0.1, 0.15) is 6.04 Å². The summed E-state index contributed by atoms with van der Waals surface area (Å²) in [5.74, 6) is -0.281. The first-order valence-electron chi connectivity index (χ1n) is 9.81. The smallest absolute Gasteiger partial charge is 0.251 e. The summed E-state index contributed by atoms with van der Waals surface area (Å²) in [5.41, 5.74) is 0.473. The van der Waals surface area contributed by atoms with Gasteiger partial charge in [-0.1, -0.05) is 31.9 Å². The SMILES string of the molecule is CCC(C)C(NC(=O)c1ccc(Cl)cc1)C(=O)N1CCC(C(=O)N(C)C)CC1. The Balaban J connectivity index is 2.04. The van der Waals surface area contributed by atoms with Gasteiger partial charge >= 0.3 is 0 Å². The first-order chi connectivity index (χ1) is 13.2. The van der Waals surface area contributed by atoms with Crippen LogP contribution in [-0.2, 0) is 9.59 Å². The molecule has 2 unspecified atom stereocenters. The zero-order chi connectivity index (χ0) is 20.8. The molecular formula is C21H30ClN3O3. The molecule has 7 heteroatoms. The minimum absolute atomic E-state index is 0.00452. The number of amides is 3. The number of hydrogen-bond donors (Lipinski definition) is 1. The van der Waals surface area contributed by atoms with Crippen molar-refractivity contribution in [2.75, 3.05) is 27.2 Å². The highest BCUT2D eigenvalue weighted by molar-refractivity contribution is 6.30. The van der Waals surface area contributed by atoms with Crippen molar-refractivity contribution < 1.29 is 14.4 Å². The number of nitrogens with one attached hydrogen (secondary N) is 1. The lowest BCUT2D eigenvalue weighted by Crippen LogP contribution is -2.54. The molecule has 0 bridgehead atoms. The van der Waals surface area contributed by atoms with Gasteiger partial charge < -0.3 is 15.1 Å². The Morgan fingerprint density at radius 1 is 1.18 bits per heavy atom. The van der Waals surface area contributed by atoms with Crippen molar-refractivity contribution in [3.8, 4) is 0 Å². The van der Waals surface area contributed by atoms with Crippen LogP contribution in [0.4, 0.5) is 0 Å². The Morgan fingerprint density at radius 3 is 2.25 bits per heavy atom. The van der Waals surface area contributed by atoms with Gasteiger partial charge in [-0.05, 0) is 43.0 Å². The van der Waals surface area contributed by atoms with Crippen molar-refractivity contribution in [3.63, 3.8) is 0 Å². The van der Waals surface area contributed by atoms with E-state index < -0.39 is 6.04 Å². The number of carbonyl (C=O) groups excluding carboxylic acids is 3. The third-order valence-corrected chi connectivity index (χ3v) is 5.72. The van der Waals surface area contributed by atoms with Crippen molar-refractivity contribution in [1.29, 1.82) is 0 Å². The third kappa shape index (κ3) is 5.47. The van der Waals surface area contributed by atoms with Crippen molar-refractivity contribution in [3.05, 3.63) is 34.9 Å². The van der Waals surface area contributed by atoms with Gasteiger partial charge in [-0.3, -0.25) is 14.4 Å². The molecule has 2 atom stereocenters. The normalized spacial score (nSPS) is 17.0. The molecule has 0 aliphatic carbocycles. The van der Waals surface area contributed by atoms with Crippen LogP contribution in [-0.4, -0.2) is 60.7 Å². The Hall–Kier alpha value is -2.08. The summed E-state index contributed by atoms with van der Waals surface area (Å²) < 4.78 is 0. The van der Waals surface area contributed by atoms with Gasteiger partial charge in [-0.15, -0.1) is 0 Å². The predicted octanol–water partition coefficient (Wildman–Crippen LogP) is 2.81. The Morgan fingerprint density at radius 2 is 1.75 bits per heavy atom. The van der Waals surface area contributed by atoms with Crippen molar-refractivity contribution >= 4 is 29.3 Å². The summed E-state index contributed by atoms with van der Waals surface area (Å²) in [7, 11) is 3.51. The number of nitrogens with zero attached hydrogens (tertiary/aromatic N) is 2. The summed E-state index contributed by atoms with van der Waals surface area (Å²) in [4.78, 5) is 41.3. The van der Waals surface area contributed by atoms with Crippen LogP contribution >= 0.6 is 11.6 Å². The molecule has 1 aliphatic rings. The maximum absolute atomic E-state index is 13.1. The summed E-state index contributed by atoms with van der Waals surface area (Å²) in [6.45, 7) is 5.04. The van der Waals surface area contributed by atoms with Gasteiger partial charge in [-0.2, -0.15) is 0 Å². The zero-order valence-corrected chi connectivity index (χ0v) is 17.8. The molecule has 1 aliphatic heterocycles. The number of hydrogen-bond acceptors (Lipinski definition) is 3. The zero-order valence-electron chi connectivity index (χ0n) is 17.1. The van der Waals surface area contributed by atoms with E-state index in [0.29, 0.717) is 36.5 Å². The van der Waals surface area contributed by atoms with E-state index >= 15 is 0 Å². The van der Waals surface area contributed by atoms with Crippen LogP contribution in [0.1, 0.15) is 43.5 Å². The topological polar surface area (TPSA) is 69.7 Å². The first-order valence-corrected chi connectivity index (χ1v) is 10.2. The summed E-state index contributed by atoms with van der Waals surface area (Å²) in [6.07, 6.45) is 2.08. The van der Waals surface area contributed by atoms with E-state index in [1.807, 2.05) is 13.8 Å². The fourth-order valence-electron chi connectivity index (χ4n) is 3.42. The monoisotopic (exact) mass is 407 g/mol. The Labute approximate surface area is 172 Å². The summed E-state index contributed by atoms with van der Waals surface area (Å²) in [5, 5.41) is 3.46. The van der Waals surface area contributed by atoms with Crippen molar-refractivity contribution in [2.45, 2.75) is 39.2 Å². The summed E-state index contributed by atoms with van der Waals surface area (Å²) in [6, 6.07) is 6.02. The van der Waals surface area contributed by atoms with Crippen LogP contribution < -0.4 is 5.32 Å². The molecule has 0 spiro atoms. The molecule has 1 aromatic carbocycles. The van der Waals surface area contributed by atoms with Gasteiger partial charge in [0.25, 0.3) is 5.91 Å². The van der Waals surface area contributed by atoms with E-state index in [-0.39, 0.29) is 29.6 Å². The maximum Gasteiger partial charge on any atom is 0.251 e. The molecule has 28 heavy (non-hydrogen) atoms. The second kappa shape index (κ2) is 9.92. The molecule has 1 heterocycles. The number of halogens is 1. The lowest BCUT2D eigenvalue weighted by molar-refractivity contribution is -0.140. The molecule has 2 rings (SSSR count). The fourth-order valence-corrected chi connectivity index (χ4v) is 3.54. The molecule has 0 saturated carbocycles. The average Bonchev–Trinajstić information content (AvgIpc) is 2.70. The van der Waals surface area contributed by atoms with Gasteiger partial charge in [-0.25, -0.2) is 0 Å². The third-order valence-electron chi connectivity index (χ3n) is 5.47. The lowest BCUT2D eigenvalue weighted by atomic mass is 9.92. The van der Waals surface area contributed by atoms with E-state index in [9.17, 15) is 14.4 Å². The molecule has 0 radical (unpaired) electrons. The van der Waals surface area contributed by atoms with Crippen molar-refractivity contribution in [2.24, 2.45) is 11.8 Å². The van der Waals surface area contributed by atoms with E-state index in [2.05, 4.69) is 5.32 Å². The Kier molecular flexibility index (Phi) is 7.87. The molecule has 1 fully saturated rings. The van der Waals surface area contributed by atoms with Crippen LogP contribution in [0.15, 0.2) is 24.3 Å². The van der Waals surface area contributed by atoms with Crippen LogP contribution in [0.3, 0.4) is 0 Å². The van der Waals surface area contributed by atoms with Crippen LogP contribution in [0.2, 0.25) is 5.02 Å². The maximum atomic E-state index is 13.1. The van der Waals surface area contributed by atoms with Gasteiger partial charge in [0.05, 0.1) is 0 Å². The average molecular weight is 408 g/mol. The predicted molar refractivity (Wildman–Crippen MR) is 110 cm³/mol. The molecule has 0 aromatic heterocycles. The Bertz CT molecular complexity index is 697. The molecule has 6 nitrogen and oxygen atoms in total. The second-order valence-corrected chi connectivity index (χ2v) is 8.11. The minimum Gasteiger partial charge on any atom is -0.349 e. The molecular weight excluding hydrogens is 378 g/mol. The first kappa shape index (κ1) is 22.2. The number of piperidine rings is 1. The van der Waals surface area contributed by atoms with Gasteiger partial charge in [0, 0.05) is 43.7 Å². The largest absolute Gasteiger partial charge is 0.349 e. The van der Waals surface area contributed by atoms with E-state index in [4.69, 9.17) is 11.6 Å². The van der Waals surface area contributed by atoms with Gasteiger partial charge in [0.2, 0.25) is 11.8 Å². The highest BCUT2D eigenvalue weighted by atomic mass is 35.5. The lowest BCUT2D eigenvalue weighted by Gasteiger charge is -2.36. The minimum atomic E-state index is -0.589. The second-order valence-electron chi connectivity index (χ2n) is 7.68. The highest BCUT2D eigenvalue weighted by Gasteiger charge is 2.34. The van der Waals surface area contributed by atoms with Crippen molar-refractivity contribution in [1.82, 2.24) is 15.1 Å². The number of rotatable bonds is 6. The standard InChI is InChI=1S/C21H30ClN3O3/c1-5-14(2)18(23-19(26)15-6-8-17(22)9-7-15)21(28)25-12-10-16(11-13-25)20(27)24(3)4/h6-9,14,16,18H,5,10-13H2,1-4H3,(H,23,26). The molecule has 3 amide bonds. The highest BCUT2D eigenvalue weighted by Crippen LogP contribution is 2.21. The number of likely N-dealkylation sites (tertiary alicyclic amines) is 1. The molecule has 1 aromatic rings. The van der Waals surface area contributed by atoms with E-state index in [0.717, 1.165) is 6.42 Å². The van der Waals surface area contributed by atoms with Crippen LogP contribution in [0.25, 0.3) is 0 Å². The molecule has 1 saturated heterocycles. The quantitative estimate of drug-likeness (QED) is 0.788. The van der Waals surface area contributed by atoms with Gasteiger partial charge in [0.15, 0.2) is 0 Å². The number of carbonyl (C=O) groups is 3. The van der Waals surface area contributed by atoms with Crippen LogP contribution in [0.5, 0.6) is 0 Å². The fraction of sp³-hybridized carbons (Fsp3) is 0.571. The van der Waals surface area contributed by atoms with E-state index in [1.165, 1.54) is 0 Å². The molecule has 1 N–H and O–H groups in total. The summed E-state index contributed by atoms with van der Waals surface area (Å²) >= 11 is 5.88. The number of benzene rings is 1. The molecule has 154 valence electrons. The van der Waals surface area contributed by atoms with Crippen LogP contribution in [0, 0.1) is 11.8 Å². The van der Waals surface area contributed by atoms with E-state index in [1.54, 1.807) is 48.2 Å².